The number of fused-ring (bicyclic) bond motifs is 5. The highest BCUT2D eigenvalue weighted by molar-refractivity contribution is 6.23. The van der Waals surface area contributed by atoms with Gasteiger partial charge in [0, 0.05) is 12.1 Å². The van der Waals surface area contributed by atoms with Crippen LogP contribution in [-0.2, 0) is 9.59 Å². The van der Waals surface area contributed by atoms with E-state index in [-0.39, 0.29) is 41.2 Å². The van der Waals surface area contributed by atoms with Gasteiger partial charge in [0.25, 0.3) is 5.69 Å². The van der Waals surface area contributed by atoms with E-state index in [9.17, 15) is 19.7 Å². The smallest absolute Gasteiger partial charge is 0.271 e. The number of nitro benzene ring substituents is 1. The topological polar surface area (TPSA) is 80.5 Å². The summed E-state index contributed by atoms with van der Waals surface area (Å²) in [5.74, 6) is -0.663. The van der Waals surface area contributed by atoms with Gasteiger partial charge in [0.1, 0.15) is 0 Å². The number of rotatable bonds is 2. The van der Waals surface area contributed by atoms with Gasteiger partial charge >= 0.3 is 0 Å². The van der Waals surface area contributed by atoms with Crippen molar-refractivity contribution in [2.24, 2.45) is 23.7 Å². The Labute approximate surface area is 139 Å². The highest BCUT2D eigenvalue weighted by Gasteiger charge is 2.63. The molecule has 4 rings (SSSR count). The fourth-order valence-electron chi connectivity index (χ4n) is 4.99. The minimum absolute atomic E-state index is 0.113. The van der Waals surface area contributed by atoms with Gasteiger partial charge < -0.3 is 0 Å². The molecule has 1 aliphatic heterocycles. The monoisotopic (exact) mass is 326 g/mol. The predicted octanol–water partition coefficient (Wildman–Crippen LogP) is 3.08. The van der Waals surface area contributed by atoms with Crippen LogP contribution in [0.25, 0.3) is 0 Å². The Balaban J connectivity index is 1.75. The fraction of sp³-hybridized carbons (Fsp3) is 0.444. The third kappa shape index (κ3) is 1.82. The zero-order valence-corrected chi connectivity index (χ0v) is 13.6. The summed E-state index contributed by atoms with van der Waals surface area (Å²) in [5, 5.41) is 11.0. The Morgan fingerprint density at radius 1 is 1.12 bits per heavy atom. The first-order chi connectivity index (χ1) is 11.4. The van der Waals surface area contributed by atoms with Crippen LogP contribution in [0.15, 0.2) is 35.4 Å². The van der Waals surface area contributed by atoms with E-state index in [4.69, 9.17) is 0 Å². The molecule has 1 aromatic rings. The van der Waals surface area contributed by atoms with Crippen molar-refractivity contribution in [1.29, 1.82) is 0 Å². The first-order valence-electron chi connectivity index (χ1n) is 8.21. The molecule has 4 unspecified atom stereocenters. The molecule has 2 bridgehead atoms. The van der Waals surface area contributed by atoms with Crippen molar-refractivity contribution in [3.63, 3.8) is 0 Å². The van der Waals surface area contributed by atoms with Gasteiger partial charge in [-0.1, -0.05) is 17.2 Å². The van der Waals surface area contributed by atoms with E-state index in [1.807, 2.05) is 0 Å². The minimum atomic E-state index is -0.514. The minimum Gasteiger partial charge on any atom is -0.274 e. The van der Waals surface area contributed by atoms with E-state index >= 15 is 0 Å². The Morgan fingerprint density at radius 3 is 2.21 bits per heavy atom. The second kappa shape index (κ2) is 5.00. The molecule has 4 atom stereocenters. The summed E-state index contributed by atoms with van der Waals surface area (Å²) >= 11 is 0. The average Bonchev–Trinajstić information content (AvgIpc) is 3.17. The van der Waals surface area contributed by atoms with Gasteiger partial charge in [0.05, 0.1) is 22.4 Å². The van der Waals surface area contributed by atoms with Crippen molar-refractivity contribution in [2.45, 2.75) is 26.7 Å². The average molecular weight is 326 g/mol. The van der Waals surface area contributed by atoms with Gasteiger partial charge in [-0.15, -0.1) is 0 Å². The van der Waals surface area contributed by atoms with Crippen LogP contribution in [0.4, 0.5) is 11.4 Å². The van der Waals surface area contributed by atoms with Gasteiger partial charge in [-0.2, -0.15) is 0 Å². The van der Waals surface area contributed by atoms with Crippen LogP contribution >= 0.6 is 0 Å². The highest BCUT2D eigenvalue weighted by atomic mass is 16.6. The number of imide groups is 1. The summed E-state index contributed by atoms with van der Waals surface area (Å²) < 4.78 is 0. The number of carbonyl (C=O) groups is 2. The first kappa shape index (κ1) is 15.1. The summed E-state index contributed by atoms with van der Waals surface area (Å²) in [6.45, 7) is 4.10. The lowest BCUT2D eigenvalue weighted by molar-refractivity contribution is -0.384. The van der Waals surface area contributed by atoms with Gasteiger partial charge in [-0.25, -0.2) is 4.90 Å². The lowest BCUT2D eigenvalue weighted by Crippen LogP contribution is -2.33. The zero-order valence-electron chi connectivity index (χ0n) is 13.6. The summed E-state index contributed by atoms with van der Waals surface area (Å²) in [6.07, 6.45) is 1.91. The Bertz CT molecular complexity index is 777. The number of hydrogen-bond donors (Lipinski definition) is 0. The summed E-state index contributed by atoms with van der Waals surface area (Å²) in [4.78, 5) is 37.5. The molecule has 0 radical (unpaired) electrons. The number of allylic oxidation sites excluding steroid dienone is 2. The molecule has 1 aromatic carbocycles. The maximum absolute atomic E-state index is 12.9. The summed E-state index contributed by atoms with van der Waals surface area (Å²) in [6, 6.07) is 5.77. The lowest BCUT2D eigenvalue weighted by Gasteiger charge is -2.19. The van der Waals surface area contributed by atoms with Gasteiger partial charge in [-0.05, 0) is 44.6 Å². The standard InChI is InChI=1S/C18H18N2O4/c1-9(2)14-12-6-7-13(14)16-15(12)17(21)19(18(16)22)10-4-3-5-11(8-10)20(23)24/h3-5,8,12-13,15-16H,6-7H2,1-2H3. The molecule has 24 heavy (non-hydrogen) atoms. The molecule has 6 heteroatoms. The molecule has 0 N–H and O–H groups in total. The first-order valence-corrected chi connectivity index (χ1v) is 8.21. The van der Waals surface area contributed by atoms with Crippen molar-refractivity contribution in [3.8, 4) is 0 Å². The molecule has 6 nitrogen and oxygen atoms in total. The third-order valence-corrected chi connectivity index (χ3v) is 5.73. The molecule has 3 fully saturated rings. The molecule has 1 saturated heterocycles. The molecular weight excluding hydrogens is 308 g/mol. The largest absolute Gasteiger partial charge is 0.274 e. The summed E-state index contributed by atoms with van der Waals surface area (Å²) in [7, 11) is 0. The number of carbonyl (C=O) groups excluding carboxylic acids is 2. The fourth-order valence-corrected chi connectivity index (χ4v) is 4.99. The molecule has 0 aromatic heterocycles. The Kier molecular flexibility index (Phi) is 3.13. The van der Waals surface area contributed by atoms with Crippen LogP contribution in [0, 0.1) is 33.8 Å². The summed E-state index contributed by atoms with van der Waals surface area (Å²) in [5.41, 5.74) is 2.72. The van der Waals surface area contributed by atoms with Gasteiger partial charge in [0.15, 0.2) is 0 Å². The second-order valence-electron chi connectivity index (χ2n) is 7.09. The molecule has 2 aliphatic carbocycles. The van der Waals surface area contributed by atoms with E-state index < -0.39 is 4.92 Å². The number of nitro groups is 1. The van der Waals surface area contributed by atoms with Gasteiger partial charge in [0.2, 0.25) is 11.8 Å². The van der Waals surface area contributed by atoms with E-state index in [0.29, 0.717) is 5.69 Å². The third-order valence-electron chi connectivity index (χ3n) is 5.73. The van der Waals surface area contributed by atoms with E-state index in [0.717, 1.165) is 12.8 Å². The highest BCUT2D eigenvalue weighted by Crippen LogP contribution is 2.60. The van der Waals surface area contributed by atoms with Crippen LogP contribution in [0.2, 0.25) is 0 Å². The number of anilines is 1. The van der Waals surface area contributed by atoms with Crippen molar-refractivity contribution in [1.82, 2.24) is 0 Å². The number of benzene rings is 1. The molecule has 2 saturated carbocycles. The SMILES string of the molecule is CC(C)=C1C2CCC1C1C(=O)N(c3cccc([N+](=O)[O-])c3)C(=O)C21. The molecule has 1 heterocycles. The lowest BCUT2D eigenvalue weighted by atomic mass is 9.81. The van der Waals surface area contributed by atoms with Crippen LogP contribution < -0.4 is 4.90 Å². The Morgan fingerprint density at radius 2 is 1.71 bits per heavy atom. The Hall–Kier alpha value is -2.50. The maximum atomic E-state index is 12.9. The second-order valence-corrected chi connectivity index (χ2v) is 7.09. The number of non-ortho nitro benzene ring substituents is 1. The molecule has 0 spiro atoms. The molecule has 3 aliphatic rings. The predicted molar refractivity (Wildman–Crippen MR) is 87.2 cm³/mol. The van der Waals surface area contributed by atoms with Crippen molar-refractivity contribution in [2.75, 3.05) is 4.90 Å². The van der Waals surface area contributed by atoms with Crippen LogP contribution in [0.1, 0.15) is 26.7 Å². The van der Waals surface area contributed by atoms with Crippen molar-refractivity contribution < 1.29 is 14.5 Å². The molecule has 2 amide bonds. The normalized spacial score (nSPS) is 30.9. The van der Waals surface area contributed by atoms with E-state index in [1.165, 1.54) is 34.2 Å². The van der Waals surface area contributed by atoms with Crippen LogP contribution in [0.5, 0.6) is 0 Å². The quantitative estimate of drug-likeness (QED) is 0.362. The van der Waals surface area contributed by atoms with Crippen LogP contribution in [-0.4, -0.2) is 16.7 Å². The van der Waals surface area contributed by atoms with Crippen LogP contribution in [0.3, 0.4) is 0 Å². The van der Waals surface area contributed by atoms with Crippen molar-refractivity contribution >= 4 is 23.2 Å². The number of amides is 2. The molecule has 124 valence electrons. The van der Waals surface area contributed by atoms with Gasteiger partial charge in [-0.3, -0.25) is 19.7 Å². The molecular formula is C18H18N2O4. The van der Waals surface area contributed by atoms with E-state index in [1.54, 1.807) is 6.07 Å². The van der Waals surface area contributed by atoms with Crippen molar-refractivity contribution in [3.05, 3.63) is 45.5 Å². The zero-order chi connectivity index (χ0) is 17.2. The van der Waals surface area contributed by atoms with E-state index in [2.05, 4.69) is 13.8 Å². The maximum Gasteiger partial charge on any atom is 0.271 e. The number of nitrogens with zero attached hydrogens (tertiary/aromatic N) is 2. The number of hydrogen-bond acceptors (Lipinski definition) is 4.